The number of carbonyl (C=O) groups excluding carboxylic acids is 4. The van der Waals surface area contributed by atoms with E-state index in [-0.39, 0.29) is 12.2 Å². The van der Waals surface area contributed by atoms with Gasteiger partial charge in [-0.25, -0.2) is 19.2 Å². The van der Waals surface area contributed by atoms with Crippen molar-refractivity contribution in [2.45, 2.75) is 109 Å². The Labute approximate surface area is 203 Å². The third-order valence-electron chi connectivity index (χ3n) is 5.76. The summed E-state index contributed by atoms with van der Waals surface area (Å²) in [5.41, 5.74) is 0. The molecular weight excluding hydrogens is 468 g/mol. The van der Waals surface area contributed by atoms with Crippen LogP contribution in [-0.4, -0.2) is 54.8 Å². The van der Waals surface area contributed by atoms with Crippen LogP contribution < -0.4 is 0 Å². The highest BCUT2D eigenvalue weighted by Crippen LogP contribution is 2.27. The first-order valence-electron chi connectivity index (χ1n) is 12.0. The van der Waals surface area contributed by atoms with Gasteiger partial charge in [0.2, 0.25) is 12.6 Å². The van der Waals surface area contributed by atoms with E-state index in [1.807, 2.05) is 0 Å². The molecule has 0 N–H and O–H groups in total. The summed E-state index contributed by atoms with van der Waals surface area (Å²) in [6.07, 6.45) is 5.45. The molecule has 2 atom stereocenters. The summed E-state index contributed by atoms with van der Waals surface area (Å²) in [7, 11) is 0. The Bertz CT molecular complexity index is 717. The average molecular weight is 500 g/mol. The molecular formula is C23H32O12. The van der Waals surface area contributed by atoms with Gasteiger partial charge in [-0.15, -0.1) is 0 Å². The van der Waals surface area contributed by atoms with Gasteiger partial charge >= 0.3 is 30.0 Å². The Morgan fingerprint density at radius 3 is 1.40 bits per heavy atom. The zero-order valence-corrected chi connectivity index (χ0v) is 19.9. The third-order valence-corrected chi connectivity index (χ3v) is 5.76. The van der Waals surface area contributed by atoms with E-state index in [1.54, 1.807) is 0 Å². The summed E-state index contributed by atoms with van der Waals surface area (Å²) in [5, 5.41) is 0. The normalized spacial score (nSPS) is 21.4. The van der Waals surface area contributed by atoms with Crippen LogP contribution in [0.25, 0.3) is 0 Å². The third kappa shape index (κ3) is 7.66. The fraction of sp³-hybridized carbons (Fsp3) is 0.739. The van der Waals surface area contributed by atoms with Gasteiger partial charge in [-0.05, 0) is 51.4 Å². The SMILES string of the molecule is CC(OC(=O)OC1CCCCC1)OC(=O)C1(C(=O)OC(C)OC(=O)OC2CCCCC2)OC=CO1. The highest BCUT2D eigenvalue weighted by molar-refractivity contribution is 6.02. The summed E-state index contributed by atoms with van der Waals surface area (Å²) in [5.74, 6) is -5.35. The molecule has 0 spiro atoms. The minimum absolute atomic E-state index is 0.252. The molecule has 0 radical (unpaired) electrons. The van der Waals surface area contributed by atoms with Gasteiger partial charge in [-0.3, -0.25) is 0 Å². The lowest BCUT2D eigenvalue weighted by atomic mass is 9.98. The molecule has 2 fully saturated rings. The van der Waals surface area contributed by atoms with E-state index < -0.39 is 42.6 Å². The van der Waals surface area contributed by atoms with Crippen molar-refractivity contribution in [2.75, 3.05) is 0 Å². The van der Waals surface area contributed by atoms with Crippen LogP contribution in [0.4, 0.5) is 9.59 Å². The van der Waals surface area contributed by atoms with Crippen LogP contribution in [0, 0.1) is 0 Å². The lowest BCUT2D eigenvalue weighted by molar-refractivity contribution is -0.237. The van der Waals surface area contributed by atoms with Crippen LogP contribution >= 0.6 is 0 Å². The Hall–Kier alpha value is -3.18. The molecule has 0 saturated heterocycles. The molecule has 1 heterocycles. The van der Waals surface area contributed by atoms with Gasteiger partial charge in [0.05, 0.1) is 0 Å². The maximum Gasteiger partial charge on any atom is 0.511 e. The van der Waals surface area contributed by atoms with Crippen molar-refractivity contribution < 1.29 is 57.1 Å². The Morgan fingerprint density at radius 2 is 1.03 bits per heavy atom. The zero-order chi connectivity index (χ0) is 25.3. The van der Waals surface area contributed by atoms with E-state index >= 15 is 0 Å². The highest BCUT2D eigenvalue weighted by atomic mass is 16.8. The van der Waals surface area contributed by atoms with Crippen LogP contribution in [0.5, 0.6) is 0 Å². The number of hydrogen-bond donors (Lipinski definition) is 0. The molecule has 196 valence electrons. The van der Waals surface area contributed by atoms with Crippen molar-refractivity contribution in [3.63, 3.8) is 0 Å². The Kier molecular flexibility index (Phi) is 9.44. The van der Waals surface area contributed by atoms with Gasteiger partial charge in [-0.1, -0.05) is 12.8 Å². The number of carbonyl (C=O) groups is 4. The van der Waals surface area contributed by atoms with Crippen molar-refractivity contribution in [1.29, 1.82) is 0 Å². The minimum Gasteiger partial charge on any atom is -0.439 e. The summed E-state index contributed by atoms with van der Waals surface area (Å²) in [4.78, 5) is 49.3. The van der Waals surface area contributed by atoms with Gasteiger partial charge in [0.1, 0.15) is 24.7 Å². The first-order chi connectivity index (χ1) is 16.8. The van der Waals surface area contributed by atoms with Gasteiger partial charge in [0, 0.05) is 13.8 Å². The zero-order valence-electron chi connectivity index (χ0n) is 19.9. The molecule has 1 aliphatic heterocycles. The van der Waals surface area contributed by atoms with Crippen LogP contribution in [-0.2, 0) is 47.5 Å². The first-order valence-corrected chi connectivity index (χ1v) is 12.0. The van der Waals surface area contributed by atoms with E-state index in [4.69, 9.17) is 37.9 Å². The number of rotatable bonds is 8. The quantitative estimate of drug-likeness (QED) is 0.206. The molecule has 2 unspecified atom stereocenters. The Morgan fingerprint density at radius 1 is 0.657 bits per heavy atom. The monoisotopic (exact) mass is 500 g/mol. The predicted octanol–water partition coefficient (Wildman–Crippen LogP) is 3.95. The second kappa shape index (κ2) is 12.5. The van der Waals surface area contributed by atoms with Crippen molar-refractivity contribution in [2.24, 2.45) is 0 Å². The van der Waals surface area contributed by atoms with Crippen LogP contribution in [0.3, 0.4) is 0 Å². The molecule has 12 heteroatoms. The van der Waals surface area contributed by atoms with E-state index in [1.165, 1.54) is 13.8 Å². The summed E-state index contributed by atoms with van der Waals surface area (Å²) in [6, 6.07) is 0. The van der Waals surface area contributed by atoms with E-state index in [0.29, 0.717) is 0 Å². The van der Waals surface area contributed by atoms with E-state index in [0.717, 1.165) is 76.7 Å². The summed E-state index contributed by atoms with van der Waals surface area (Å²) in [6.45, 7) is 2.52. The second-order valence-electron chi connectivity index (χ2n) is 8.56. The molecule has 0 amide bonds. The highest BCUT2D eigenvalue weighted by Gasteiger charge is 2.58. The molecule has 0 aromatic heterocycles. The lowest BCUT2D eigenvalue weighted by Gasteiger charge is -2.26. The van der Waals surface area contributed by atoms with Crippen molar-refractivity contribution in [3.05, 3.63) is 12.5 Å². The molecule has 2 saturated carbocycles. The summed E-state index contributed by atoms with van der Waals surface area (Å²) < 4.78 is 40.3. The van der Waals surface area contributed by atoms with Crippen LogP contribution in [0.1, 0.15) is 78.1 Å². The smallest absolute Gasteiger partial charge is 0.439 e. The number of ether oxygens (including phenoxy) is 8. The maximum atomic E-state index is 12.7. The molecule has 3 rings (SSSR count). The first kappa shape index (κ1) is 26.4. The minimum atomic E-state index is -2.66. The average Bonchev–Trinajstić information content (AvgIpc) is 3.31. The number of hydrogen-bond acceptors (Lipinski definition) is 12. The Balaban J connectivity index is 1.47. The lowest BCUT2D eigenvalue weighted by Crippen LogP contribution is -2.52. The van der Waals surface area contributed by atoms with Crippen LogP contribution in [0.15, 0.2) is 12.5 Å². The topological polar surface area (TPSA) is 142 Å². The van der Waals surface area contributed by atoms with E-state index in [2.05, 4.69) is 0 Å². The second-order valence-corrected chi connectivity index (χ2v) is 8.56. The molecule has 12 nitrogen and oxygen atoms in total. The molecule has 2 aliphatic carbocycles. The maximum absolute atomic E-state index is 12.7. The fourth-order valence-corrected chi connectivity index (χ4v) is 4.02. The van der Waals surface area contributed by atoms with E-state index in [9.17, 15) is 19.2 Å². The standard InChI is InChI=1S/C23H32O12/c1-15(32-21(26)34-17-9-5-3-6-10-17)30-19(24)23(28-13-14-29-23)20(25)31-16(2)33-22(27)35-18-11-7-4-8-12-18/h13-18H,3-12H2,1-2H3. The van der Waals surface area contributed by atoms with Crippen LogP contribution in [0.2, 0.25) is 0 Å². The van der Waals surface area contributed by atoms with Gasteiger partial charge < -0.3 is 37.9 Å². The van der Waals surface area contributed by atoms with Crippen molar-refractivity contribution in [1.82, 2.24) is 0 Å². The predicted molar refractivity (Wildman–Crippen MR) is 114 cm³/mol. The van der Waals surface area contributed by atoms with Crippen molar-refractivity contribution >= 4 is 24.2 Å². The van der Waals surface area contributed by atoms with Crippen molar-refractivity contribution in [3.8, 4) is 0 Å². The van der Waals surface area contributed by atoms with Gasteiger partial charge in [0.25, 0.3) is 0 Å². The molecule has 0 aromatic carbocycles. The molecule has 0 bridgehead atoms. The summed E-state index contributed by atoms with van der Waals surface area (Å²) >= 11 is 0. The number of esters is 2. The fourth-order valence-electron chi connectivity index (χ4n) is 4.02. The molecule has 0 aromatic rings. The van der Waals surface area contributed by atoms with Gasteiger partial charge in [-0.2, -0.15) is 0 Å². The largest absolute Gasteiger partial charge is 0.511 e. The molecule has 3 aliphatic rings. The van der Waals surface area contributed by atoms with Gasteiger partial charge in [0.15, 0.2) is 0 Å². The molecule has 35 heavy (non-hydrogen) atoms.